The van der Waals surface area contributed by atoms with E-state index >= 15 is 0 Å². The average molecular weight is 881 g/mol. The molecule has 0 atom stereocenters. The van der Waals surface area contributed by atoms with Crippen molar-refractivity contribution in [3.63, 3.8) is 0 Å². The first-order valence-electron chi connectivity index (χ1n) is 23.6. The zero-order valence-corrected chi connectivity index (χ0v) is 37.7. The molecular weight excluding hydrogens is 837 g/mol. The van der Waals surface area contributed by atoms with Crippen molar-refractivity contribution in [1.29, 1.82) is 0 Å². The third-order valence-corrected chi connectivity index (χ3v) is 13.6. The first kappa shape index (κ1) is 40.1. The zero-order valence-electron chi connectivity index (χ0n) is 37.7. The van der Waals surface area contributed by atoms with Gasteiger partial charge in [0.15, 0.2) is 0 Å². The molecule has 0 bridgehead atoms. The van der Waals surface area contributed by atoms with Crippen molar-refractivity contribution < 1.29 is 4.42 Å². The number of nitrogens with zero attached hydrogens (tertiary/aromatic N) is 2. The van der Waals surface area contributed by atoms with Gasteiger partial charge in [-0.2, -0.15) is 0 Å². The fourth-order valence-corrected chi connectivity index (χ4v) is 10.3. The molecule has 69 heavy (non-hydrogen) atoms. The highest BCUT2D eigenvalue weighted by Gasteiger charge is 2.21. The molecular formula is C66H44N2O. The van der Waals surface area contributed by atoms with E-state index in [2.05, 4.69) is 264 Å². The Kier molecular flexibility index (Phi) is 9.84. The Labute approximate surface area is 401 Å². The van der Waals surface area contributed by atoms with Crippen LogP contribution >= 0.6 is 0 Å². The number of hydrogen-bond acceptors (Lipinski definition) is 2. The summed E-state index contributed by atoms with van der Waals surface area (Å²) in [4.78, 5) is 2.34. The minimum absolute atomic E-state index is 0.901. The van der Waals surface area contributed by atoms with Gasteiger partial charge in [0.1, 0.15) is 11.2 Å². The number of benzene rings is 11. The molecule has 0 aliphatic carbocycles. The predicted octanol–water partition coefficient (Wildman–Crippen LogP) is 18.5. The van der Waals surface area contributed by atoms with Crippen LogP contribution in [0, 0.1) is 0 Å². The second-order valence-electron chi connectivity index (χ2n) is 17.7. The Morgan fingerprint density at radius 2 is 0.754 bits per heavy atom. The van der Waals surface area contributed by atoms with Crippen LogP contribution in [0.15, 0.2) is 271 Å². The topological polar surface area (TPSA) is 21.3 Å². The molecule has 3 heteroatoms. The van der Waals surface area contributed by atoms with Crippen LogP contribution < -0.4 is 4.90 Å². The summed E-state index contributed by atoms with van der Waals surface area (Å²) >= 11 is 0. The van der Waals surface area contributed by atoms with Crippen LogP contribution in [0.1, 0.15) is 0 Å². The van der Waals surface area contributed by atoms with Crippen molar-refractivity contribution in [2.45, 2.75) is 0 Å². The maximum absolute atomic E-state index is 6.45. The Hall–Kier alpha value is -9.18. The lowest BCUT2D eigenvalue weighted by atomic mass is 9.95. The molecule has 0 aliphatic rings. The van der Waals surface area contributed by atoms with Crippen LogP contribution in [0.3, 0.4) is 0 Å². The Balaban J connectivity index is 0.927. The number of para-hydroxylation sites is 3. The van der Waals surface area contributed by atoms with E-state index in [9.17, 15) is 0 Å². The van der Waals surface area contributed by atoms with Gasteiger partial charge in [0, 0.05) is 55.4 Å². The smallest absolute Gasteiger partial charge is 0.143 e. The van der Waals surface area contributed by atoms with E-state index in [0.717, 1.165) is 66.9 Å². The lowest BCUT2D eigenvalue weighted by molar-refractivity contribution is 0.670. The highest BCUT2D eigenvalue weighted by atomic mass is 16.3. The summed E-state index contributed by atoms with van der Waals surface area (Å²) in [6.07, 6.45) is 0. The highest BCUT2D eigenvalue weighted by Crippen LogP contribution is 2.44. The molecule has 11 aromatic carbocycles. The summed E-state index contributed by atoms with van der Waals surface area (Å²) in [6, 6.07) is 96.1. The van der Waals surface area contributed by atoms with E-state index in [-0.39, 0.29) is 0 Å². The summed E-state index contributed by atoms with van der Waals surface area (Å²) in [5.41, 5.74) is 20.2. The third-order valence-electron chi connectivity index (χ3n) is 13.6. The fraction of sp³-hybridized carbons (Fsp3) is 0. The molecule has 324 valence electrons. The van der Waals surface area contributed by atoms with Gasteiger partial charge in [-0.3, -0.25) is 0 Å². The fourth-order valence-electron chi connectivity index (χ4n) is 10.3. The van der Waals surface area contributed by atoms with E-state index in [4.69, 9.17) is 4.42 Å². The first-order chi connectivity index (χ1) is 34.2. The minimum Gasteiger partial charge on any atom is -0.455 e. The molecule has 0 fully saturated rings. The molecule has 0 saturated heterocycles. The summed E-state index contributed by atoms with van der Waals surface area (Å²) in [5, 5.41) is 4.69. The molecule has 13 aromatic rings. The Bertz CT molecular complexity index is 3950. The van der Waals surface area contributed by atoms with Gasteiger partial charge < -0.3 is 13.9 Å². The normalized spacial score (nSPS) is 11.5. The number of anilines is 3. The molecule has 2 heterocycles. The van der Waals surface area contributed by atoms with Crippen LogP contribution in [-0.2, 0) is 0 Å². The van der Waals surface area contributed by atoms with Crippen molar-refractivity contribution in [2.24, 2.45) is 0 Å². The van der Waals surface area contributed by atoms with Crippen molar-refractivity contribution in [3.8, 4) is 61.3 Å². The SMILES string of the molecule is c1ccc(-c2ccc(N(c3ccc(-c4ccc5c(c4)c4cc(-c6ccccc6)cc(-c6ccccc6)c4n5-c4ccccc4)cc3)c3ccc(-c4cccc5c4oc4ccccc45)cc3)cc2)cc1. The first-order valence-corrected chi connectivity index (χ1v) is 23.6. The van der Waals surface area contributed by atoms with E-state index in [1.165, 1.54) is 55.2 Å². The standard InChI is InChI=1S/C66H44N2O/c1-5-16-45(17-6-1)47-28-35-54(36-29-47)67(56-39-32-50(33-40-56)57-25-15-26-59-58-24-13-14-27-64(58)69-66(57)59)55-37-30-48(31-38-55)51-34-41-63-61(42-51)62-44-52(46-18-7-2-8-19-46)43-60(49-20-9-3-10-21-49)65(62)68(63)53-22-11-4-12-23-53/h1-44H. The van der Waals surface area contributed by atoms with Crippen LogP contribution in [0.25, 0.3) is 105 Å². The number of furan rings is 1. The maximum Gasteiger partial charge on any atom is 0.143 e. The van der Waals surface area contributed by atoms with Gasteiger partial charge in [0.05, 0.1) is 11.0 Å². The van der Waals surface area contributed by atoms with Crippen LogP contribution in [-0.4, -0.2) is 4.57 Å². The maximum atomic E-state index is 6.45. The average Bonchev–Trinajstić information content (AvgIpc) is 3.98. The van der Waals surface area contributed by atoms with Crippen LogP contribution in [0.4, 0.5) is 17.1 Å². The molecule has 0 unspecified atom stereocenters. The monoisotopic (exact) mass is 880 g/mol. The van der Waals surface area contributed by atoms with E-state index < -0.39 is 0 Å². The summed E-state index contributed by atoms with van der Waals surface area (Å²) in [6.45, 7) is 0. The van der Waals surface area contributed by atoms with Gasteiger partial charge in [-0.05, 0) is 123 Å². The van der Waals surface area contributed by atoms with Gasteiger partial charge in [-0.15, -0.1) is 0 Å². The van der Waals surface area contributed by atoms with Gasteiger partial charge in [0.2, 0.25) is 0 Å². The summed E-state index contributed by atoms with van der Waals surface area (Å²) in [7, 11) is 0. The summed E-state index contributed by atoms with van der Waals surface area (Å²) < 4.78 is 8.89. The Morgan fingerprint density at radius 3 is 1.39 bits per heavy atom. The van der Waals surface area contributed by atoms with Crippen molar-refractivity contribution >= 4 is 60.8 Å². The molecule has 0 aliphatic heterocycles. The van der Waals surface area contributed by atoms with Crippen molar-refractivity contribution in [2.75, 3.05) is 4.90 Å². The second-order valence-corrected chi connectivity index (χ2v) is 17.7. The molecule has 0 saturated carbocycles. The van der Waals surface area contributed by atoms with E-state index in [1.54, 1.807) is 0 Å². The quantitative estimate of drug-likeness (QED) is 0.144. The molecule has 13 rings (SSSR count). The Morgan fingerprint density at radius 1 is 0.290 bits per heavy atom. The van der Waals surface area contributed by atoms with Gasteiger partial charge in [0.25, 0.3) is 0 Å². The predicted molar refractivity (Wildman–Crippen MR) is 290 cm³/mol. The third kappa shape index (κ3) is 7.16. The number of hydrogen-bond donors (Lipinski definition) is 0. The van der Waals surface area contributed by atoms with Crippen LogP contribution in [0.2, 0.25) is 0 Å². The molecule has 0 amide bonds. The minimum atomic E-state index is 0.901. The molecule has 0 radical (unpaired) electrons. The van der Waals surface area contributed by atoms with Crippen molar-refractivity contribution in [1.82, 2.24) is 4.57 Å². The van der Waals surface area contributed by atoms with E-state index in [0.29, 0.717) is 0 Å². The van der Waals surface area contributed by atoms with Gasteiger partial charge in [-0.25, -0.2) is 0 Å². The number of rotatable bonds is 9. The molecule has 2 aromatic heterocycles. The lowest BCUT2D eigenvalue weighted by Crippen LogP contribution is -2.09. The summed E-state index contributed by atoms with van der Waals surface area (Å²) in [5.74, 6) is 0. The van der Waals surface area contributed by atoms with Gasteiger partial charge in [-0.1, -0.05) is 188 Å². The largest absolute Gasteiger partial charge is 0.455 e. The zero-order chi connectivity index (χ0) is 45.7. The lowest BCUT2D eigenvalue weighted by Gasteiger charge is -2.26. The number of aromatic nitrogens is 1. The highest BCUT2D eigenvalue weighted by molar-refractivity contribution is 6.16. The molecule has 0 spiro atoms. The van der Waals surface area contributed by atoms with E-state index in [1.807, 2.05) is 12.1 Å². The van der Waals surface area contributed by atoms with Gasteiger partial charge >= 0.3 is 0 Å². The van der Waals surface area contributed by atoms with Crippen LogP contribution in [0.5, 0.6) is 0 Å². The molecule has 0 N–H and O–H groups in total. The van der Waals surface area contributed by atoms with Crippen molar-refractivity contribution in [3.05, 3.63) is 267 Å². The second kappa shape index (κ2) is 16.9. The molecule has 3 nitrogen and oxygen atoms in total. The number of fused-ring (bicyclic) bond motifs is 6.